The maximum absolute atomic E-state index is 11.9. The molecule has 0 bridgehead atoms. The summed E-state index contributed by atoms with van der Waals surface area (Å²) in [4.78, 5) is 23.5. The highest BCUT2D eigenvalue weighted by atomic mass is 16.5. The standard InChI is InChI=1S/C12H22N2O3/c1-4-8(2)10(12(16)17-3)14-11(15)9-5-6-13-7-9/h8-10,13H,4-7H2,1-3H3,(H,14,15). The number of carbonyl (C=O) groups is 2. The first-order valence-electron chi connectivity index (χ1n) is 6.19. The van der Waals surface area contributed by atoms with Crippen molar-refractivity contribution < 1.29 is 14.3 Å². The fourth-order valence-corrected chi connectivity index (χ4v) is 1.95. The molecule has 3 atom stereocenters. The molecule has 1 heterocycles. The normalized spacial score (nSPS) is 22.9. The minimum atomic E-state index is -0.530. The molecule has 5 nitrogen and oxygen atoms in total. The lowest BCUT2D eigenvalue weighted by Gasteiger charge is -2.23. The van der Waals surface area contributed by atoms with Gasteiger partial charge in [0.25, 0.3) is 0 Å². The van der Waals surface area contributed by atoms with Crippen LogP contribution in [0.25, 0.3) is 0 Å². The minimum Gasteiger partial charge on any atom is -0.467 e. The molecule has 0 spiro atoms. The zero-order valence-electron chi connectivity index (χ0n) is 10.8. The molecule has 0 radical (unpaired) electrons. The molecule has 2 N–H and O–H groups in total. The summed E-state index contributed by atoms with van der Waals surface area (Å²) >= 11 is 0. The van der Waals surface area contributed by atoms with E-state index in [0.29, 0.717) is 6.54 Å². The summed E-state index contributed by atoms with van der Waals surface area (Å²) in [7, 11) is 1.35. The number of amides is 1. The van der Waals surface area contributed by atoms with Crippen molar-refractivity contribution in [2.45, 2.75) is 32.7 Å². The van der Waals surface area contributed by atoms with Gasteiger partial charge in [0, 0.05) is 6.54 Å². The van der Waals surface area contributed by atoms with Gasteiger partial charge in [-0.15, -0.1) is 0 Å². The van der Waals surface area contributed by atoms with Crippen LogP contribution >= 0.6 is 0 Å². The van der Waals surface area contributed by atoms with Crippen molar-refractivity contribution in [3.05, 3.63) is 0 Å². The lowest BCUT2D eigenvalue weighted by atomic mass is 9.98. The highest BCUT2D eigenvalue weighted by molar-refractivity contribution is 5.86. The maximum Gasteiger partial charge on any atom is 0.328 e. The summed E-state index contributed by atoms with van der Waals surface area (Å²) < 4.78 is 4.73. The fraction of sp³-hybridized carbons (Fsp3) is 0.833. The van der Waals surface area contributed by atoms with Gasteiger partial charge in [-0.05, 0) is 18.9 Å². The van der Waals surface area contributed by atoms with Gasteiger partial charge in [0.1, 0.15) is 6.04 Å². The molecule has 5 heteroatoms. The Kier molecular flexibility index (Phi) is 5.41. The van der Waals surface area contributed by atoms with Crippen molar-refractivity contribution >= 4 is 11.9 Å². The van der Waals surface area contributed by atoms with Crippen LogP contribution in [0, 0.1) is 11.8 Å². The molecule has 1 fully saturated rings. The van der Waals surface area contributed by atoms with E-state index in [1.165, 1.54) is 7.11 Å². The number of rotatable bonds is 5. The van der Waals surface area contributed by atoms with E-state index in [2.05, 4.69) is 10.6 Å². The average Bonchev–Trinajstić information content (AvgIpc) is 2.87. The summed E-state index contributed by atoms with van der Waals surface area (Å²) in [5.74, 6) is -0.351. The van der Waals surface area contributed by atoms with Crippen LogP contribution in [0.5, 0.6) is 0 Å². The Hall–Kier alpha value is -1.10. The van der Waals surface area contributed by atoms with E-state index in [9.17, 15) is 9.59 Å². The lowest BCUT2D eigenvalue weighted by Crippen LogP contribution is -2.48. The number of carbonyl (C=O) groups excluding carboxylic acids is 2. The number of hydrogen-bond donors (Lipinski definition) is 2. The third-order valence-corrected chi connectivity index (χ3v) is 3.40. The van der Waals surface area contributed by atoms with Gasteiger partial charge in [0.15, 0.2) is 0 Å². The SMILES string of the molecule is CCC(C)C(NC(=O)C1CCNC1)C(=O)OC. The molecule has 17 heavy (non-hydrogen) atoms. The molecule has 0 aromatic rings. The first kappa shape index (κ1) is 14.0. The van der Waals surface area contributed by atoms with Gasteiger partial charge in [0.2, 0.25) is 5.91 Å². The van der Waals surface area contributed by atoms with Crippen LogP contribution in [0.15, 0.2) is 0 Å². The zero-order valence-corrected chi connectivity index (χ0v) is 10.8. The summed E-state index contributed by atoms with van der Waals surface area (Å²) in [6.07, 6.45) is 1.66. The molecule has 0 aromatic heterocycles. The third-order valence-electron chi connectivity index (χ3n) is 3.40. The van der Waals surface area contributed by atoms with Crippen LogP contribution in [-0.2, 0) is 14.3 Å². The van der Waals surface area contributed by atoms with Crippen molar-refractivity contribution in [2.24, 2.45) is 11.8 Å². The number of nitrogens with one attached hydrogen (secondary N) is 2. The molecule has 1 amide bonds. The number of esters is 1. The van der Waals surface area contributed by atoms with Crippen LogP contribution < -0.4 is 10.6 Å². The Bertz CT molecular complexity index is 275. The van der Waals surface area contributed by atoms with Gasteiger partial charge < -0.3 is 15.4 Å². The maximum atomic E-state index is 11.9. The Morgan fingerprint density at radius 3 is 2.71 bits per heavy atom. The first-order valence-corrected chi connectivity index (χ1v) is 6.19. The summed E-state index contributed by atoms with van der Waals surface area (Å²) in [5, 5.41) is 5.94. The summed E-state index contributed by atoms with van der Waals surface area (Å²) in [5.41, 5.74) is 0. The van der Waals surface area contributed by atoms with Crippen LogP contribution in [0.2, 0.25) is 0 Å². The second-order valence-electron chi connectivity index (χ2n) is 4.58. The molecule has 3 unspecified atom stereocenters. The van der Waals surface area contributed by atoms with Gasteiger partial charge in [-0.2, -0.15) is 0 Å². The van der Waals surface area contributed by atoms with Crippen molar-refractivity contribution in [1.29, 1.82) is 0 Å². The lowest BCUT2D eigenvalue weighted by molar-refractivity contribution is -0.147. The number of methoxy groups -OCH3 is 1. The average molecular weight is 242 g/mol. The van der Waals surface area contributed by atoms with Gasteiger partial charge in [-0.3, -0.25) is 4.79 Å². The van der Waals surface area contributed by atoms with Crippen molar-refractivity contribution in [2.75, 3.05) is 20.2 Å². The third kappa shape index (κ3) is 3.70. The smallest absolute Gasteiger partial charge is 0.328 e. The quantitative estimate of drug-likeness (QED) is 0.680. The van der Waals surface area contributed by atoms with Gasteiger partial charge >= 0.3 is 5.97 Å². The largest absolute Gasteiger partial charge is 0.467 e. The Morgan fingerprint density at radius 1 is 1.53 bits per heavy atom. The summed E-state index contributed by atoms with van der Waals surface area (Å²) in [6.45, 7) is 5.49. The van der Waals surface area contributed by atoms with Crippen LogP contribution in [0.1, 0.15) is 26.7 Å². The van der Waals surface area contributed by atoms with Crippen LogP contribution in [0.4, 0.5) is 0 Å². The number of ether oxygens (including phenoxy) is 1. The van der Waals surface area contributed by atoms with E-state index in [-0.39, 0.29) is 23.7 Å². The van der Waals surface area contributed by atoms with E-state index in [1.54, 1.807) is 0 Å². The van der Waals surface area contributed by atoms with E-state index in [0.717, 1.165) is 19.4 Å². The van der Waals surface area contributed by atoms with E-state index >= 15 is 0 Å². The van der Waals surface area contributed by atoms with Gasteiger partial charge in [-0.25, -0.2) is 4.79 Å². The molecule has 1 aliphatic heterocycles. The van der Waals surface area contributed by atoms with E-state index < -0.39 is 6.04 Å². The highest BCUT2D eigenvalue weighted by Gasteiger charge is 2.30. The molecule has 1 aliphatic rings. The topological polar surface area (TPSA) is 67.4 Å². The molecule has 0 aliphatic carbocycles. The molecule has 98 valence electrons. The monoisotopic (exact) mass is 242 g/mol. The van der Waals surface area contributed by atoms with Crippen LogP contribution in [0.3, 0.4) is 0 Å². The molecule has 1 rings (SSSR count). The van der Waals surface area contributed by atoms with Crippen molar-refractivity contribution in [3.63, 3.8) is 0 Å². The van der Waals surface area contributed by atoms with Crippen molar-refractivity contribution in [1.82, 2.24) is 10.6 Å². The predicted molar refractivity (Wildman–Crippen MR) is 64.4 cm³/mol. The number of hydrogen-bond acceptors (Lipinski definition) is 4. The molecule has 1 saturated heterocycles. The van der Waals surface area contributed by atoms with E-state index in [4.69, 9.17) is 4.74 Å². The van der Waals surface area contributed by atoms with E-state index in [1.807, 2.05) is 13.8 Å². The Balaban J connectivity index is 2.58. The minimum absolute atomic E-state index is 0.0220. The highest BCUT2D eigenvalue weighted by Crippen LogP contribution is 2.12. The zero-order chi connectivity index (χ0) is 12.8. The van der Waals surface area contributed by atoms with Gasteiger partial charge in [0.05, 0.1) is 13.0 Å². The van der Waals surface area contributed by atoms with Crippen LogP contribution in [-0.4, -0.2) is 38.1 Å². The molecule has 0 saturated carbocycles. The fourth-order valence-electron chi connectivity index (χ4n) is 1.95. The molecular formula is C12H22N2O3. The van der Waals surface area contributed by atoms with Crippen molar-refractivity contribution in [3.8, 4) is 0 Å². The Labute approximate surface area is 102 Å². The second-order valence-corrected chi connectivity index (χ2v) is 4.58. The second kappa shape index (κ2) is 6.59. The van der Waals surface area contributed by atoms with Gasteiger partial charge in [-0.1, -0.05) is 20.3 Å². The first-order chi connectivity index (χ1) is 8.10. The Morgan fingerprint density at radius 2 is 2.24 bits per heavy atom. The molecule has 0 aromatic carbocycles. The summed E-state index contributed by atoms with van der Waals surface area (Å²) in [6, 6.07) is -0.530. The molecular weight excluding hydrogens is 220 g/mol. The predicted octanol–water partition coefficient (Wildman–Crippen LogP) is 0.300.